The van der Waals surface area contributed by atoms with Gasteiger partial charge >= 0.3 is 0 Å². The van der Waals surface area contributed by atoms with E-state index in [1.54, 1.807) is 30.8 Å². The zero-order valence-corrected chi connectivity index (χ0v) is 20.6. The van der Waals surface area contributed by atoms with Crippen molar-refractivity contribution in [2.24, 2.45) is 5.73 Å². The molecule has 0 aliphatic carbocycles. The van der Waals surface area contributed by atoms with Crippen LogP contribution < -0.4 is 16.0 Å². The zero-order chi connectivity index (χ0) is 24.6. The largest absolute Gasteiger partial charge is 0.385 e. The molecule has 1 aromatic carbocycles. The van der Waals surface area contributed by atoms with Crippen LogP contribution in [0.15, 0.2) is 12.1 Å². The van der Waals surface area contributed by atoms with Crippen molar-refractivity contribution in [2.45, 2.75) is 46.2 Å². The Hall–Kier alpha value is -3.11. The standard InChI is InChI=1S/C23H30ClN7O3/c1-5-15-12-29(8-7-9-34-4)17-11-14(21(25)32)10-16-19(17)31(15)23(26-16)27-22(33)20-18(24)13(3)28-30(20)6-2/h10-11,15H,5-9,12H2,1-4H3,(H2,25,32)(H,26,27,33)/t15-/m0/s1. The lowest BCUT2D eigenvalue weighted by atomic mass is 10.1. The molecule has 2 aromatic heterocycles. The van der Waals surface area contributed by atoms with Crippen molar-refractivity contribution in [1.82, 2.24) is 19.3 Å². The van der Waals surface area contributed by atoms with Gasteiger partial charge in [-0.3, -0.25) is 19.6 Å². The van der Waals surface area contributed by atoms with E-state index in [0.29, 0.717) is 53.1 Å². The predicted molar refractivity (Wildman–Crippen MR) is 132 cm³/mol. The number of imidazole rings is 1. The summed E-state index contributed by atoms with van der Waals surface area (Å²) >= 11 is 6.39. The van der Waals surface area contributed by atoms with Crippen LogP contribution >= 0.6 is 11.6 Å². The first kappa shape index (κ1) is 24.0. The molecular weight excluding hydrogens is 458 g/mol. The van der Waals surface area contributed by atoms with Crippen molar-refractivity contribution in [3.05, 3.63) is 34.1 Å². The van der Waals surface area contributed by atoms with E-state index < -0.39 is 5.91 Å². The second-order valence-electron chi connectivity index (χ2n) is 8.41. The number of ether oxygens (including phenoxy) is 1. The van der Waals surface area contributed by atoms with Gasteiger partial charge in [0.2, 0.25) is 11.9 Å². The number of nitrogens with two attached hydrogens (primary N) is 1. The van der Waals surface area contributed by atoms with Crippen molar-refractivity contribution in [3.8, 4) is 0 Å². The number of halogens is 1. The van der Waals surface area contributed by atoms with E-state index in [1.165, 1.54) is 0 Å². The van der Waals surface area contributed by atoms with Crippen LogP contribution in [-0.4, -0.2) is 58.0 Å². The number of hydrogen-bond donors (Lipinski definition) is 2. The number of benzene rings is 1. The number of rotatable bonds is 9. The summed E-state index contributed by atoms with van der Waals surface area (Å²) in [6, 6.07) is 3.55. The van der Waals surface area contributed by atoms with E-state index in [1.807, 2.05) is 11.5 Å². The normalized spacial score (nSPS) is 15.2. The summed E-state index contributed by atoms with van der Waals surface area (Å²) in [5.74, 6) is -0.501. The molecule has 182 valence electrons. The van der Waals surface area contributed by atoms with E-state index in [4.69, 9.17) is 27.1 Å². The highest BCUT2D eigenvalue weighted by Crippen LogP contribution is 2.39. The van der Waals surface area contributed by atoms with Crippen molar-refractivity contribution >= 4 is 46.1 Å². The first-order chi connectivity index (χ1) is 16.3. The summed E-state index contributed by atoms with van der Waals surface area (Å²) in [5.41, 5.74) is 9.21. The fraction of sp³-hybridized carbons (Fsp3) is 0.478. The lowest BCUT2D eigenvalue weighted by Crippen LogP contribution is -2.37. The Labute approximate surface area is 203 Å². The Morgan fingerprint density at radius 1 is 1.32 bits per heavy atom. The molecular formula is C23H30ClN7O3. The van der Waals surface area contributed by atoms with Crippen LogP contribution in [0.25, 0.3) is 11.0 Å². The van der Waals surface area contributed by atoms with Gasteiger partial charge in [0.05, 0.1) is 33.5 Å². The molecule has 1 atom stereocenters. The van der Waals surface area contributed by atoms with E-state index in [0.717, 1.165) is 30.6 Å². The molecule has 3 N–H and O–H groups in total. The molecule has 1 aliphatic heterocycles. The molecule has 0 saturated carbocycles. The highest BCUT2D eigenvalue weighted by atomic mass is 35.5. The van der Waals surface area contributed by atoms with Crippen LogP contribution in [-0.2, 0) is 11.3 Å². The Kier molecular flexibility index (Phi) is 6.81. The number of anilines is 2. The van der Waals surface area contributed by atoms with Gasteiger partial charge < -0.3 is 19.9 Å². The van der Waals surface area contributed by atoms with Gasteiger partial charge in [0.15, 0.2) is 0 Å². The van der Waals surface area contributed by atoms with E-state index in [2.05, 4.69) is 22.2 Å². The maximum Gasteiger partial charge on any atom is 0.277 e. The van der Waals surface area contributed by atoms with Crippen molar-refractivity contribution in [3.63, 3.8) is 0 Å². The molecule has 0 radical (unpaired) electrons. The number of methoxy groups -OCH3 is 1. The quantitative estimate of drug-likeness (QED) is 0.446. The molecule has 3 heterocycles. The fourth-order valence-electron chi connectivity index (χ4n) is 4.56. The van der Waals surface area contributed by atoms with Crippen molar-refractivity contribution in [2.75, 3.05) is 37.0 Å². The number of nitrogens with one attached hydrogen (secondary N) is 1. The molecule has 10 nitrogen and oxygen atoms in total. The summed E-state index contributed by atoms with van der Waals surface area (Å²) in [4.78, 5) is 32.3. The van der Waals surface area contributed by atoms with Gasteiger partial charge in [-0.25, -0.2) is 4.98 Å². The number of aryl methyl sites for hydroxylation is 2. The average Bonchev–Trinajstić information content (AvgIpc) is 3.32. The summed E-state index contributed by atoms with van der Waals surface area (Å²) < 4.78 is 8.86. The van der Waals surface area contributed by atoms with Crippen LogP contribution in [0.3, 0.4) is 0 Å². The van der Waals surface area contributed by atoms with Crippen LogP contribution in [0, 0.1) is 6.92 Å². The smallest absolute Gasteiger partial charge is 0.277 e. The molecule has 0 spiro atoms. The number of amides is 2. The number of carbonyl (C=O) groups excluding carboxylic acids is 2. The van der Waals surface area contributed by atoms with Gasteiger partial charge in [-0.05, 0) is 38.8 Å². The van der Waals surface area contributed by atoms with Gasteiger partial charge in [0.25, 0.3) is 5.91 Å². The van der Waals surface area contributed by atoms with Gasteiger partial charge in [0, 0.05) is 38.9 Å². The number of carbonyl (C=O) groups is 2. The van der Waals surface area contributed by atoms with Crippen LogP contribution in [0.4, 0.5) is 11.6 Å². The number of primary amides is 1. The zero-order valence-electron chi connectivity index (χ0n) is 19.9. The molecule has 0 unspecified atom stereocenters. The van der Waals surface area contributed by atoms with Gasteiger partial charge in [-0.2, -0.15) is 5.10 Å². The van der Waals surface area contributed by atoms with Crippen molar-refractivity contribution < 1.29 is 14.3 Å². The third-order valence-electron chi connectivity index (χ3n) is 6.23. The minimum atomic E-state index is -0.526. The molecule has 2 amide bonds. The van der Waals surface area contributed by atoms with Crippen LogP contribution in [0.2, 0.25) is 5.02 Å². The summed E-state index contributed by atoms with van der Waals surface area (Å²) in [6.07, 6.45) is 1.67. The molecule has 3 aromatic rings. The molecule has 11 heteroatoms. The van der Waals surface area contributed by atoms with E-state index in [-0.39, 0.29) is 11.9 Å². The van der Waals surface area contributed by atoms with Crippen LogP contribution in [0.5, 0.6) is 0 Å². The maximum atomic E-state index is 13.3. The molecule has 0 fully saturated rings. The summed E-state index contributed by atoms with van der Waals surface area (Å²) in [5, 5.41) is 7.61. The molecule has 1 aliphatic rings. The number of nitrogens with zero attached hydrogens (tertiary/aromatic N) is 5. The van der Waals surface area contributed by atoms with Crippen molar-refractivity contribution in [1.29, 1.82) is 0 Å². The van der Waals surface area contributed by atoms with E-state index >= 15 is 0 Å². The summed E-state index contributed by atoms with van der Waals surface area (Å²) in [6.45, 7) is 8.38. The predicted octanol–water partition coefficient (Wildman–Crippen LogP) is 3.37. The molecule has 4 rings (SSSR count). The highest BCUT2D eigenvalue weighted by Gasteiger charge is 2.31. The lowest BCUT2D eigenvalue weighted by Gasteiger charge is -2.36. The first-order valence-electron chi connectivity index (χ1n) is 11.4. The van der Waals surface area contributed by atoms with Crippen LogP contribution in [0.1, 0.15) is 59.3 Å². The number of aromatic nitrogens is 4. The molecule has 0 saturated heterocycles. The molecule has 0 bridgehead atoms. The topological polar surface area (TPSA) is 120 Å². The third-order valence-corrected chi connectivity index (χ3v) is 6.68. The Morgan fingerprint density at radius 3 is 2.74 bits per heavy atom. The maximum absolute atomic E-state index is 13.3. The second kappa shape index (κ2) is 9.63. The van der Waals surface area contributed by atoms with Gasteiger partial charge in [0.1, 0.15) is 5.69 Å². The Balaban J connectivity index is 1.82. The second-order valence-corrected chi connectivity index (χ2v) is 8.78. The first-order valence-corrected chi connectivity index (χ1v) is 11.8. The molecule has 34 heavy (non-hydrogen) atoms. The lowest BCUT2D eigenvalue weighted by molar-refractivity contribution is 0.0996. The summed E-state index contributed by atoms with van der Waals surface area (Å²) in [7, 11) is 1.68. The van der Waals surface area contributed by atoms with Gasteiger partial charge in [-0.1, -0.05) is 18.5 Å². The Bertz CT molecular complexity index is 1250. The monoisotopic (exact) mass is 487 g/mol. The average molecular weight is 488 g/mol. The third kappa shape index (κ3) is 4.12. The Morgan fingerprint density at radius 2 is 2.09 bits per heavy atom. The minimum absolute atomic E-state index is 0.0723. The minimum Gasteiger partial charge on any atom is -0.385 e. The fourth-order valence-corrected chi connectivity index (χ4v) is 4.78. The SMILES string of the molecule is CC[C@H]1CN(CCCOC)c2cc(C(N)=O)cc3nc(NC(=O)c4c(Cl)c(C)nn4CC)n1c23. The number of hydrogen-bond acceptors (Lipinski definition) is 6. The van der Waals surface area contributed by atoms with E-state index in [9.17, 15) is 9.59 Å². The highest BCUT2D eigenvalue weighted by molar-refractivity contribution is 6.34. The van der Waals surface area contributed by atoms with Gasteiger partial charge in [-0.15, -0.1) is 0 Å².